The summed E-state index contributed by atoms with van der Waals surface area (Å²) in [6.07, 6.45) is 9.73. The van der Waals surface area contributed by atoms with Crippen LogP contribution < -0.4 is 5.32 Å². The molecule has 1 aromatic carbocycles. The number of allylic oxidation sites excluding steroid dienone is 7. The summed E-state index contributed by atoms with van der Waals surface area (Å²) >= 11 is 0. The van der Waals surface area contributed by atoms with Crippen LogP contribution in [0.15, 0.2) is 83.6 Å². The van der Waals surface area contributed by atoms with Crippen LogP contribution in [0.4, 0.5) is 0 Å². The zero-order chi connectivity index (χ0) is 33.3. The first-order valence-electron chi connectivity index (χ1n) is 15.9. The van der Waals surface area contributed by atoms with Crippen molar-refractivity contribution >= 4 is 17.1 Å². The van der Waals surface area contributed by atoms with Gasteiger partial charge in [-0.25, -0.2) is 0 Å². The maximum absolute atomic E-state index is 10.8. The van der Waals surface area contributed by atoms with Gasteiger partial charge in [-0.2, -0.15) is 0 Å². The number of nitrogens with zero attached hydrogens (tertiary/aromatic N) is 3. The number of nitrogens with one attached hydrogen (secondary N) is 1. The van der Waals surface area contributed by atoms with E-state index in [-0.39, 0.29) is 5.75 Å². The molecule has 2 N–H and O–H groups in total. The molecule has 0 amide bonds. The highest BCUT2D eigenvalue weighted by Gasteiger charge is 2.21. The Morgan fingerprint density at radius 3 is 1.88 bits per heavy atom. The summed E-state index contributed by atoms with van der Waals surface area (Å²) in [5, 5.41) is 23.1. The zero-order valence-corrected chi connectivity index (χ0v) is 29.4. The molecular formula is C37H64N4O. The van der Waals surface area contributed by atoms with Crippen molar-refractivity contribution in [3.8, 4) is 5.75 Å². The van der Waals surface area contributed by atoms with Crippen molar-refractivity contribution in [2.24, 2.45) is 10.2 Å². The minimum atomic E-state index is 0.118. The molecule has 2 atom stereocenters. The minimum Gasteiger partial charge on any atom is -0.507 e. The third-order valence-electron chi connectivity index (χ3n) is 5.57. The number of hydrogen-bond donors (Lipinski definition) is 2. The van der Waals surface area contributed by atoms with Crippen molar-refractivity contribution in [3.05, 3.63) is 84.5 Å². The molecule has 1 fully saturated rings. The summed E-state index contributed by atoms with van der Waals surface area (Å²) in [6, 6.07) is 6.29. The molecule has 0 bridgehead atoms. The highest BCUT2D eigenvalue weighted by atomic mass is 16.3. The molecule has 2 rings (SSSR count). The predicted octanol–water partition coefficient (Wildman–Crippen LogP) is 10.4. The van der Waals surface area contributed by atoms with Crippen LogP contribution in [-0.4, -0.2) is 46.7 Å². The van der Waals surface area contributed by atoms with Gasteiger partial charge in [-0.1, -0.05) is 112 Å². The number of rotatable bonds is 8. The van der Waals surface area contributed by atoms with E-state index >= 15 is 0 Å². The molecule has 1 saturated heterocycles. The lowest BCUT2D eigenvalue weighted by molar-refractivity contribution is 0.253. The average molecular weight is 581 g/mol. The highest BCUT2D eigenvalue weighted by molar-refractivity contribution is 6.10. The molecule has 0 spiro atoms. The Morgan fingerprint density at radius 2 is 1.48 bits per heavy atom. The number of phenols is 1. The third-order valence-corrected chi connectivity index (χ3v) is 5.57. The molecule has 5 nitrogen and oxygen atoms in total. The van der Waals surface area contributed by atoms with E-state index in [4.69, 9.17) is 0 Å². The number of hydrogen-bond acceptors (Lipinski definition) is 4. The van der Waals surface area contributed by atoms with Crippen LogP contribution in [0.3, 0.4) is 0 Å². The first kappa shape index (κ1) is 43.3. The van der Waals surface area contributed by atoms with Crippen LogP contribution in [0.1, 0.15) is 114 Å². The summed E-state index contributed by atoms with van der Waals surface area (Å²) in [5.41, 5.74) is 4.92. The summed E-state index contributed by atoms with van der Waals surface area (Å²) < 4.78 is 0. The van der Waals surface area contributed by atoms with E-state index in [1.54, 1.807) is 18.2 Å². The van der Waals surface area contributed by atoms with Gasteiger partial charge < -0.3 is 15.3 Å². The van der Waals surface area contributed by atoms with Crippen LogP contribution in [0.25, 0.3) is 5.57 Å². The van der Waals surface area contributed by atoms with Gasteiger partial charge in [0.25, 0.3) is 0 Å². The molecule has 0 aliphatic carbocycles. The van der Waals surface area contributed by atoms with Crippen molar-refractivity contribution in [1.82, 2.24) is 10.2 Å². The van der Waals surface area contributed by atoms with E-state index in [0.717, 1.165) is 47.6 Å². The fraction of sp³-hybridized carbons (Fsp3) is 0.514. The molecule has 0 radical (unpaired) electrons. The maximum Gasteiger partial charge on any atom is 0.125 e. The number of benzene rings is 1. The van der Waals surface area contributed by atoms with Crippen molar-refractivity contribution in [1.29, 1.82) is 0 Å². The number of aromatic hydroxyl groups is 1. The van der Waals surface area contributed by atoms with Gasteiger partial charge in [-0.15, -0.1) is 10.2 Å². The second-order valence-electron chi connectivity index (χ2n) is 9.30. The van der Waals surface area contributed by atoms with Crippen LogP contribution >= 0.6 is 0 Å². The lowest BCUT2D eigenvalue weighted by Gasteiger charge is -2.36. The largest absolute Gasteiger partial charge is 0.507 e. The SMILES string of the molecule is C=C/C(=C\C(=C\CC)C(=C)C)c1ccc(/C(C=C)=N/N=C(\C)N2C[C@@H](C)N[C@@H](C)C2)c(O)c1.CC.CC.CC.CCC. The standard InChI is InChI=1S/C28H38N4O.C3H8.3C2H6/c1-9-12-24(19(4)5)15-23(10-2)25-13-14-26(28(33)16-25)27(11-3)31-30-22(8)32-17-20(6)29-21(7)18-32;1-3-2;3*1-2/h10-16,20-21,29,33H,2-4,9,17-18H2,1,5-8H3;3H2,1-2H3;3*1-2H3/b23-15+,24-12-,30-22+,31-27+;;;;/t20-,21+;;;;. The van der Waals surface area contributed by atoms with E-state index in [2.05, 4.69) is 80.9 Å². The Bertz CT molecular complexity index is 1020. The van der Waals surface area contributed by atoms with E-state index in [0.29, 0.717) is 23.4 Å². The van der Waals surface area contributed by atoms with E-state index in [9.17, 15) is 5.11 Å². The van der Waals surface area contributed by atoms with Crippen LogP contribution in [0.5, 0.6) is 5.75 Å². The van der Waals surface area contributed by atoms with Crippen molar-refractivity contribution < 1.29 is 5.11 Å². The zero-order valence-electron chi connectivity index (χ0n) is 29.4. The second kappa shape index (κ2) is 26.7. The van der Waals surface area contributed by atoms with Gasteiger partial charge in [0.05, 0.1) is 5.71 Å². The smallest absolute Gasteiger partial charge is 0.125 e. The van der Waals surface area contributed by atoms with Gasteiger partial charge in [-0.05, 0) is 75.1 Å². The van der Waals surface area contributed by atoms with Gasteiger partial charge in [0.15, 0.2) is 0 Å². The Labute approximate surface area is 260 Å². The lowest BCUT2D eigenvalue weighted by atomic mass is 9.97. The summed E-state index contributed by atoms with van der Waals surface area (Å²) in [4.78, 5) is 2.23. The van der Waals surface area contributed by atoms with Crippen molar-refractivity contribution in [3.63, 3.8) is 0 Å². The molecule has 1 aliphatic heterocycles. The minimum absolute atomic E-state index is 0.118. The molecule has 238 valence electrons. The van der Waals surface area contributed by atoms with Crippen molar-refractivity contribution in [2.75, 3.05) is 13.1 Å². The Hall–Kier alpha value is -3.18. The van der Waals surface area contributed by atoms with Crippen LogP contribution in [-0.2, 0) is 0 Å². The molecule has 1 aromatic rings. The highest BCUT2D eigenvalue weighted by Crippen LogP contribution is 2.27. The monoisotopic (exact) mass is 581 g/mol. The normalized spacial score (nSPS) is 17.0. The van der Waals surface area contributed by atoms with Crippen molar-refractivity contribution in [2.45, 2.75) is 115 Å². The van der Waals surface area contributed by atoms with Gasteiger partial charge in [0.1, 0.15) is 11.6 Å². The summed E-state index contributed by atoms with van der Waals surface area (Å²) in [6.45, 7) is 40.2. The molecule has 0 aromatic heterocycles. The maximum atomic E-state index is 10.8. The molecule has 5 heteroatoms. The third kappa shape index (κ3) is 16.3. The number of phenolic OH excluding ortho intramolecular Hbond substituents is 1. The Balaban J connectivity index is -0.00000152. The molecule has 0 unspecified atom stereocenters. The van der Waals surface area contributed by atoms with Gasteiger partial charge in [0.2, 0.25) is 0 Å². The fourth-order valence-corrected chi connectivity index (χ4v) is 3.92. The average Bonchev–Trinajstić information content (AvgIpc) is 2.99. The van der Waals surface area contributed by atoms with Gasteiger partial charge in [-0.3, -0.25) is 0 Å². The summed E-state index contributed by atoms with van der Waals surface area (Å²) in [5.74, 6) is 0.963. The number of amidine groups is 1. The fourth-order valence-electron chi connectivity index (χ4n) is 3.92. The number of piperazine rings is 1. The van der Waals surface area contributed by atoms with E-state index in [1.165, 1.54) is 6.42 Å². The molecular weight excluding hydrogens is 516 g/mol. The van der Waals surface area contributed by atoms with Gasteiger partial charge in [0, 0.05) is 30.7 Å². The molecule has 0 saturated carbocycles. The quantitative estimate of drug-likeness (QED) is 0.139. The summed E-state index contributed by atoms with van der Waals surface area (Å²) in [7, 11) is 0. The second-order valence-corrected chi connectivity index (χ2v) is 9.30. The lowest BCUT2D eigenvalue weighted by Crippen LogP contribution is -2.55. The first-order chi connectivity index (χ1) is 20.1. The van der Waals surface area contributed by atoms with E-state index < -0.39 is 0 Å². The van der Waals surface area contributed by atoms with E-state index in [1.807, 2.05) is 73.6 Å². The predicted molar refractivity (Wildman–Crippen MR) is 193 cm³/mol. The Morgan fingerprint density at radius 1 is 0.952 bits per heavy atom. The first-order valence-corrected chi connectivity index (χ1v) is 15.9. The molecule has 42 heavy (non-hydrogen) atoms. The molecule has 1 heterocycles. The van der Waals surface area contributed by atoms with Gasteiger partial charge >= 0.3 is 0 Å². The Kier molecular flexibility index (Phi) is 27.5. The van der Waals surface area contributed by atoms with Crippen LogP contribution in [0.2, 0.25) is 0 Å². The topological polar surface area (TPSA) is 60.2 Å². The van der Waals surface area contributed by atoms with Crippen LogP contribution in [0, 0.1) is 0 Å². The molecule has 1 aliphatic rings.